The lowest BCUT2D eigenvalue weighted by Gasteiger charge is -2.11. The topological polar surface area (TPSA) is 99.5 Å². The van der Waals surface area contributed by atoms with Gasteiger partial charge in [0.1, 0.15) is 17.6 Å². The Morgan fingerprint density at radius 3 is 2.57 bits per heavy atom. The normalized spacial score (nSPS) is 10.5. The lowest BCUT2D eigenvalue weighted by Crippen LogP contribution is -2.01. The predicted octanol–water partition coefficient (Wildman–Crippen LogP) is 5.12. The Kier molecular flexibility index (Phi) is 5.33. The third kappa shape index (κ3) is 3.95. The van der Waals surface area contributed by atoms with E-state index in [1.54, 1.807) is 25.4 Å². The van der Waals surface area contributed by atoms with Gasteiger partial charge in [-0.15, -0.1) is 0 Å². The van der Waals surface area contributed by atoms with Crippen LogP contribution >= 0.6 is 11.6 Å². The van der Waals surface area contributed by atoms with Crippen LogP contribution in [0.3, 0.4) is 0 Å². The highest BCUT2D eigenvalue weighted by Gasteiger charge is 2.13. The van der Waals surface area contributed by atoms with Gasteiger partial charge >= 0.3 is 0 Å². The van der Waals surface area contributed by atoms with Gasteiger partial charge in [-0.25, -0.2) is 15.0 Å². The quantitative estimate of drug-likeness (QED) is 0.468. The number of hydrogen-bond acceptors (Lipinski definition) is 6. The first-order valence-electron chi connectivity index (χ1n) is 9.07. The molecule has 148 valence electrons. The molecular formula is C22H17ClN6O. The highest BCUT2D eigenvalue weighted by molar-refractivity contribution is 6.30. The number of aromatic nitrogens is 4. The Labute approximate surface area is 178 Å². The number of anilines is 2. The Bertz CT molecular complexity index is 1240. The average molecular weight is 417 g/mol. The Morgan fingerprint density at radius 2 is 1.90 bits per heavy atom. The first kappa shape index (κ1) is 19.4. The number of methoxy groups -OCH3 is 1. The number of imidazole rings is 1. The van der Waals surface area contributed by atoms with Gasteiger partial charge in [-0.2, -0.15) is 5.26 Å². The summed E-state index contributed by atoms with van der Waals surface area (Å²) in [4.78, 5) is 16.3. The molecule has 0 aliphatic carbocycles. The van der Waals surface area contributed by atoms with Crippen LogP contribution in [0.25, 0.3) is 22.6 Å². The molecule has 2 aromatic carbocycles. The molecule has 2 aromatic heterocycles. The number of benzene rings is 2. The summed E-state index contributed by atoms with van der Waals surface area (Å²) in [5.74, 6) is 1.75. The Hall–Kier alpha value is -3.89. The molecule has 0 spiro atoms. The zero-order valence-electron chi connectivity index (χ0n) is 16.3. The smallest absolute Gasteiger partial charge is 0.227 e. The summed E-state index contributed by atoms with van der Waals surface area (Å²) in [5, 5.41) is 13.2. The van der Waals surface area contributed by atoms with E-state index in [9.17, 15) is 5.26 Å². The number of H-pyrrole nitrogens is 1. The molecule has 2 N–H and O–H groups in total. The molecule has 0 aliphatic rings. The molecular weight excluding hydrogens is 400 g/mol. The third-order valence-electron chi connectivity index (χ3n) is 4.44. The summed E-state index contributed by atoms with van der Waals surface area (Å²) in [7, 11) is 1.61. The van der Waals surface area contributed by atoms with Crippen LogP contribution in [0.5, 0.6) is 5.75 Å². The largest absolute Gasteiger partial charge is 0.496 e. The third-order valence-corrected chi connectivity index (χ3v) is 4.69. The predicted molar refractivity (Wildman–Crippen MR) is 116 cm³/mol. The molecule has 0 radical (unpaired) electrons. The average Bonchev–Trinajstić information content (AvgIpc) is 3.20. The fraction of sp³-hybridized carbons (Fsp3) is 0.0909. The van der Waals surface area contributed by atoms with Crippen LogP contribution in [0, 0.1) is 18.3 Å². The highest BCUT2D eigenvalue weighted by Crippen LogP contribution is 2.32. The fourth-order valence-electron chi connectivity index (χ4n) is 2.99. The SMILES string of the molecule is COc1cc(Nc2ncc(C#N)c(-c3ccc(Cl)cc3)n2)ccc1-c1ncc(C)[nH]1. The van der Waals surface area contributed by atoms with Gasteiger partial charge in [0.15, 0.2) is 0 Å². The minimum atomic E-state index is 0.364. The van der Waals surface area contributed by atoms with E-state index < -0.39 is 0 Å². The second-order valence-electron chi connectivity index (χ2n) is 6.53. The monoisotopic (exact) mass is 416 g/mol. The van der Waals surface area contributed by atoms with Crippen molar-refractivity contribution < 1.29 is 4.74 Å². The number of aryl methyl sites for hydroxylation is 1. The van der Waals surface area contributed by atoms with Crippen LogP contribution in [0.2, 0.25) is 5.02 Å². The molecule has 30 heavy (non-hydrogen) atoms. The lowest BCUT2D eigenvalue weighted by molar-refractivity contribution is 0.416. The zero-order chi connectivity index (χ0) is 21.1. The molecule has 0 saturated heterocycles. The van der Waals surface area contributed by atoms with Crippen molar-refractivity contribution in [2.45, 2.75) is 6.92 Å². The fourth-order valence-corrected chi connectivity index (χ4v) is 3.12. The number of aromatic amines is 1. The summed E-state index contributed by atoms with van der Waals surface area (Å²) in [6, 6.07) is 14.9. The van der Waals surface area contributed by atoms with E-state index >= 15 is 0 Å². The van der Waals surface area contributed by atoms with Crippen molar-refractivity contribution in [3.63, 3.8) is 0 Å². The van der Waals surface area contributed by atoms with Crippen LogP contribution in [0.4, 0.5) is 11.6 Å². The van der Waals surface area contributed by atoms with Crippen LogP contribution in [0.15, 0.2) is 54.9 Å². The molecule has 0 saturated carbocycles. The second-order valence-corrected chi connectivity index (χ2v) is 6.97. The van der Waals surface area contributed by atoms with Crippen LogP contribution < -0.4 is 10.1 Å². The molecule has 2 heterocycles. The molecule has 0 atom stereocenters. The van der Waals surface area contributed by atoms with Crippen molar-refractivity contribution in [3.8, 4) is 34.5 Å². The van der Waals surface area contributed by atoms with Gasteiger partial charge < -0.3 is 15.0 Å². The number of nitriles is 1. The molecule has 8 heteroatoms. The molecule has 0 bridgehead atoms. The summed E-state index contributed by atoms with van der Waals surface area (Å²) in [6.07, 6.45) is 3.26. The highest BCUT2D eigenvalue weighted by atomic mass is 35.5. The van der Waals surface area contributed by atoms with Crippen molar-refractivity contribution in [2.75, 3.05) is 12.4 Å². The first-order valence-corrected chi connectivity index (χ1v) is 9.45. The number of hydrogen-bond donors (Lipinski definition) is 2. The number of nitrogens with zero attached hydrogens (tertiary/aromatic N) is 4. The number of rotatable bonds is 5. The Balaban J connectivity index is 1.67. The van der Waals surface area contributed by atoms with E-state index in [2.05, 4.69) is 31.3 Å². The summed E-state index contributed by atoms with van der Waals surface area (Å²) < 4.78 is 5.53. The first-order chi connectivity index (χ1) is 14.6. The molecule has 7 nitrogen and oxygen atoms in total. The van der Waals surface area contributed by atoms with E-state index in [1.807, 2.05) is 37.3 Å². The van der Waals surface area contributed by atoms with Crippen LogP contribution in [0.1, 0.15) is 11.3 Å². The Morgan fingerprint density at radius 1 is 1.10 bits per heavy atom. The zero-order valence-corrected chi connectivity index (χ0v) is 17.0. The van der Waals surface area contributed by atoms with Crippen LogP contribution in [-0.4, -0.2) is 27.0 Å². The van der Waals surface area contributed by atoms with Crippen molar-refractivity contribution >= 4 is 23.2 Å². The standard InChI is InChI=1S/C22H17ClN6O/c1-13-11-25-21(27-13)18-8-7-17(9-19(18)30-2)28-22-26-12-15(10-24)20(29-22)14-3-5-16(23)6-4-14/h3-9,11-12H,1-2H3,(H,25,27)(H,26,28,29). The van der Waals surface area contributed by atoms with Crippen molar-refractivity contribution in [1.29, 1.82) is 5.26 Å². The summed E-state index contributed by atoms with van der Waals surface area (Å²) in [6.45, 7) is 1.94. The molecule has 0 amide bonds. The van der Waals surface area contributed by atoms with Crippen molar-refractivity contribution in [3.05, 3.63) is 71.1 Å². The molecule has 0 unspecified atom stereocenters. The van der Waals surface area contributed by atoms with Gasteiger partial charge in [-0.3, -0.25) is 0 Å². The maximum absolute atomic E-state index is 9.42. The van der Waals surface area contributed by atoms with Crippen molar-refractivity contribution in [1.82, 2.24) is 19.9 Å². The minimum Gasteiger partial charge on any atom is -0.496 e. The van der Waals surface area contributed by atoms with E-state index in [0.717, 1.165) is 28.3 Å². The van der Waals surface area contributed by atoms with Gasteiger partial charge in [-0.1, -0.05) is 23.7 Å². The molecule has 0 aliphatic heterocycles. The van der Waals surface area contributed by atoms with Crippen molar-refractivity contribution in [2.24, 2.45) is 0 Å². The van der Waals surface area contributed by atoms with E-state index in [0.29, 0.717) is 28.0 Å². The second kappa shape index (κ2) is 8.23. The molecule has 4 aromatic rings. The van der Waals surface area contributed by atoms with Gasteiger partial charge in [-0.05, 0) is 31.2 Å². The van der Waals surface area contributed by atoms with Gasteiger partial charge in [0, 0.05) is 34.2 Å². The van der Waals surface area contributed by atoms with Crippen LogP contribution in [-0.2, 0) is 0 Å². The lowest BCUT2D eigenvalue weighted by atomic mass is 10.1. The number of ether oxygens (including phenoxy) is 1. The van der Waals surface area contributed by atoms with Gasteiger partial charge in [0.25, 0.3) is 0 Å². The van der Waals surface area contributed by atoms with E-state index in [-0.39, 0.29) is 0 Å². The van der Waals surface area contributed by atoms with E-state index in [4.69, 9.17) is 16.3 Å². The number of nitrogens with one attached hydrogen (secondary N) is 2. The van der Waals surface area contributed by atoms with Gasteiger partial charge in [0.2, 0.25) is 5.95 Å². The number of halogens is 1. The van der Waals surface area contributed by atoms with E-state index in [1.165, 1.54) is 6.20 Å². The summed E-state index contributed by atoms with van der Waals surface area (Å²) >= 11 is 5.97. The maximum atomic E-state index is 9.42. The summed E-state index contributed by atoms with van der Waals surface area (Å²) in [5.41, 5.74) is 4.24. The van der Waals surface area contributed by atoms with Gasteiger partial charge in [0.05, 0.1) is 30.1 Å². The maximum Gasteiger partial charge on any atom is 0.227 e. The minimum absolute atomic E-state index is 0.364. The molecule has 0 fully saturated rings. The molecule has 4 rings (SSSR count).